The number of hydrogen-bond donors (Lipinski definition) is 1. The average molecular weight is 449 g/mol. The molecule has 8 heteroatoms. The number of nitrogens with zero attached hydrogens (tertiary/aromatic N) is 1. The lowest BCUT2D eigenvalue weighted by molar-refractivity contribution is -0.121. The standard InChI is InChI=1S/C23H32N2O5S/c1-5-29-21-14-10-20(11-15-21)25(31(4,27)28)16-6-7-23(26)24-19(3)17-30-22-12-8-18(2)9-13-22/h8-15,19H,5-7,16-17H2,1-4H3,(H,24,26). The van der Waals surface area contributed by atoms with Crippen molar-refractivity contribution in [2.75, 3.05) is 30.3 Å². The van der Waals surface area contributed by atoms with Crippen molar-refractivity contribution in [1.82, 2.24) is 5.32 Å². The second kappa shape index (κ2) is 11.6. The fourth-order valence-corrected chi connectivity index (χ4v) is 3.95. The molecule has 2 rings (SSSR count). The summed E-state index contributed by atoms with van der Waals surface area (Å²) in [6.07, 6.45) is 1.78. The Kier molecular flexibility index (Phi) is 9.18. The van der Waals surface area contributed by atoms with E-state index in [2.05, 4.69) is 5.32 Å². The predicted molar refractivity (Wildman–Crippen MR) is 123 cm³/mol. The molecule has 0 saturated heterocycles. The van der Waals surface area contributed by atoms with Gasteiger partial charge in [-0.2, -0.15) is 0 Å². The van der Waals surface area contributed by atoms with Crippen LogP contribution in [-0.4, -0.2) is 46.4 Å². The summed E-state index contributed by atoms with van der Waals surface area (Å²) in [5.41, 5.74) is 1.70. The van der Waals surface area contributed by atoms with Gasteiger partial charge in [-0.15, -0.1) is 0 Å². The van der Waals surface area contributed by atoms with Crippen molar-refractivity contribution in [2.24, 2.45) is 0 Å². The van der Waals surface area contributed by atoms with Crippen molar-refractivity contribution in [3.05, 3.63) is 54.1 Å². The van der Waals surface area contributed by atoms with Crippen LogP contribution in [0.3, 0.4) is 0 Å². The van der Waals surface area contributed by atoms with E-state index in [9.17, 15) is 13.2 Å². The number of rotatable bonds is 12. The van der Waals surface area contributed by atoms with Gasteiger partial charge in [0.05, 0.1) is 24.6 Å². The van der Waals surface area contributed by atoms with Crippen LogP contribution >= 0.6 is 0 Å². The van der Waals surface area contributed by atoms with Crippen LogP contribution in [0.15, 0.2) is 48.5 Å². The minimum atomic E-state index is -3.47. The highest BCUT2D eigenvalue weighted by Gasteiger charge is 2.18. The van der Waals surface area contributed by atoms with Crippen molar-refractivity contribution in [1.29, 1.82) is 0 Å². The van der Waals surface area contributed by atoms with E-state index in [0.717, 1.165) is 17.6 Å². The number of ether oxygens (including phenoxy) is 2. The molecule has 31 heavy (non-hydrogen) atoms. The second-order valence-corrected chi connectivity index (χ2v) is 9.37. The first kappa shape index (κ1) is 24.5. The highest BCUT2D eigenvalue weighted by molar-refractivity contribution is 7.92. The Hall–Kier alpha value is -2.74. The van der Waals surface area contributed by atoms with Gasteiger partial charge in [-0.3, -0.25) is 9.10 Å². The lowest BCUT2D eigenvalue weighted by Crippen LogP contribution is -2.37. The summed E-state index contributed by atoms with van der Waals surface area (Å²) in [7, 11) is -3.47. The molecule has 7 nitrogen and oxygen atoms in total. The van der Waals surface area contributed by atoms with Crippen LogP contribution in [0.5, 0.6) is 11.5 Å². The van der Waals surface area contributed by atoms with E-state index >= 15 is 0 Å². The van der Waals surface area contributed by atoms with Crippen LogP contribution in [0.25, 0.3) is 0 Å². The maximum Gasteiger partial charge on any atom is 0.232 e. The van der Waals surface area contributed by atoms with Gasteiger partial charge in [-0.1, -0.05) is 17.7 Å². The van der Waals surface area contributed by atoms with Crippen molar-refractivity contribution in [3.63, 3.8) is 0 Å². The zero-order valence-electron chi connectivity index (χ0n) is 18.6. The molecule has 1 atom stereocenters. The fraction of sp³-hybridized carbons (Fsp3) is 0.435. The summed E-state index contributed by atoms with van der Waals surface area (Å²) in [6.45, 7) is 6.88. The lowest BCUT2D eigenvalue weighted by atomic mass is 10.2. The maximum absolute atomic E-state index is 12.2. The van der Waals surface area contributed by atoms with Crippen LogP contribution in [0.4, 0.5) is 5.69 Å². The fourth-order valence-electron chi connectivity index (χ4n) is 2.99. The van der Waals surface area contributed by atoms with Gasteiger partial charge in [0.15, 0.2) is 0 Å². The summed E-state index contributed by atoms with van der Waals surface area (Å²) >= 11 is 0. The molecule has 0 spiro atoms. The molecule has 0 bridgehead atoms. The van der Waals surface area contributed by atoms with E-state index in [4.69, 9.17) is 9.47 Å². The van der Waals surface area contributed by atoms with E-state index in [0.29, 0.717) is 31.1 Å². The number of carbonyl (C=O) groups excluding carboxylic acids is 1. The molecule has 0 aliphatic carbocycles. The molecule has 2 aromatic carbocycles. The molecule has 1 unspecified atom stereocenters. The van der Waals surface area contributed by atoms with E-state index in [1.807, 2.05) is 45.0 Å². The Morgan fingerprint density at radius 1 is 1.03 bits per heavy atom. The zero-order valence-corrected chi connectivity index (χ0v) is 19.4. The number of carbonyl (C=O) groups is 1. The predicted octanol–water partition coefficient (Wildman–Crippen LogP) is 3.52. The van der Waals surface area contributed by atoms with Crippen molar-refractivity contribution >= 4 is 21.6 Å². The first-order chi connectivity index (χ1) is 14.7. The number of sulfonamides is 1. The minimum Gasteiger partial charge on any atom is -0.494 e. The number of nitrogens with one attached hydrogen (secondary N) is 1. The number of aryl methyl sites for hydroxylation is 1. The molecular weight excluding hydrogens is 416 g/mol. The van der Waals surface area contributed by atoms with Gasteiger partial charge in [-0.25, -0.2) is 8.42 Å². The number of hydrogen-bond acceptors (Lipinski definition) is 5. The highest BCUT2D eigenvalue weighted by atomic mass is 32.2. The van der Waals surface area contributed by atoms with Gasteiger partial charge in [0.25, 0.3) is 0 Å². The van der Waals surface area contributed by atoms with Gasteiger partial charge in [0.1, 0.15) is 18.1 Å². The van der Waals surface area contributed by atoms with Gasteiger partial charge >= 0.3 is 0 Å². The maximum atomic E-state index is 12.2. The molecule has 0 heterocycles. The topological polar surface area (TPSA) is 84.9 Å². The molecular formula is C23H32N2O5S. The number of amides is 1. The number of anilines is 1. The smallest absolute Gasteiger partial charge is 0.232 e. The molecule has 0 fully saturated rings. The van der Waals surface area contributed by atoms with E-state index in [-0.39, 0.29) is 24.9 Å². The highest BCUT2D eigenvalue weighted by Crippen LogP contribution is 2.22. The molecule has 0 aliphatic heterocycles. The summed E-state index contributed by atoms with van der Waals surface area (Å²) in [5, 5.41) is 2.89. The SMILES string of the molecule is CCOc1ccc(N(CCCC(=O)NC(C)COc2ccc(C)cc2)S(C)(=O)=O)cc1. The Morgan fingerprint density at radius 2 is 1.61 bits per heavy atom. The first-order valence-corrected chi connectivity index (χ1v) is 12.2. The summed E-state index contributed by atoms with van der Waals surface area (Å²) < 4.78 is 36.8. The largest absolute Gasteiger partial charge is 0.494 e. The van der Waals surface area contributed by atoms with Crippen molar-refractivity contribution in [3.8, 4) is 11.5 Å². The van der Waals surface area contributed by atoms with Gasteiger partial charge in [0, 0.05) is 13.0 Å². The molecule has 0 radical (unpaired) electrons. The Balaban J connectivity index is 1.81. The third-order valence-corrected chi connectivity index (χ3v) is 5.72. The monoisotopic (exact) mass is 448 g/mol. The van der Waals surface area contributed by atoms with Crippen molar-refractivity contribution in [2.45, 2.75) is 39.7 Å². The third-order valence-electron chi connectivity index (χ3n) is 4.53. The molecule has 1 amide bonds. The van der Waals surface area contributed by atoms with Crippen LogP contribution in [0.1, 0.15) is 32.3 Å². The van der Waals surface area contributed by atoms with Crippen LogP contribution in [0, 0.1) is 6.92 Å². The van der Waals surface area contributed by atoms with Crippen LogP contribution < -0.4 is 19.1 Å². The molecule has 0 aromatic heterocycles. The summed E-state index contributed by atoms with van der Waals surface area (Å²) in [5.74, 6) is 1.30. The van der Waals surface area contributed by atoms with Crippen molar-refractivity contribution < 1.29 is 22.7 Å². The zero-order chi connectivity index (χ0) is 22.9. The third kappa shape index (κ3) is 8.49. The Morgan fingerprint density at radius 3 is 2.19 bits per heavy atom. The quantitative estimate of drug-likeness (QED) is 0.537. The molecule has 2 aromatic rings. The Bertz CT molecular complexity index is 927. The minimum absolute atomic E-state index is 0.139. The molecule has 0 saturated carbocycles. The van der Waals surface area contributed by atoms with Gasteiger partial charge in [0.2, 0.25) is 15.9 Å². The summed E-state index contributed by atoms with van der Waals surface area (Å²) in [4.78, 5) is 12.2. The Labute approximate surface area is 185 Å². The normalized spacial score (nSPS) is 12.1. The molecule has 1 N–H and O–H groups in total. The van der Waals surface area contributed by atoms with E-state index < -0.39 is 10.0 Å². The van der Waals surface area contributed by atoms with Gasteiger partial charge in [-0.05, 0) is 63.6 Å². The number of benzene rings is 2. The second-order valence-electron chi connectivity index (χ2n) is 7.46. The lowest BCUT2D eigenvalue weighted by Gasteiger charge is -2.23. The van der Waals surface area contributed by atoms with Crippen LogP contribution in [-0.2, 0) is 14.8 Å². The molecule has 170 valence electrons. The van der Waals surface area contributed by atoms with Gasteiger partial charge < -0.3 is 14.8 Å². The van der Waals surface area contributed by atoms with E-state index in [1.165, 1.54) is 4.31 Å². The summed E-state index contributed by atoms with van der Waals surface area (Å²) in [6, 6.07) is 14.4. The van der Waals surface area contributed by atoms with Crippen LogP contribution in [0.2, 0.25) is 0 Å². The van der Waals surface area contributed by atoms with E-state index in [1.54, 1.807) is 24.3 Å². The first-order valence-electron chi connectivity index (χ1n) is 10.4. The molecule has 0 aliphatic rings. The average Bonchev–Trinajstić information content (AvgIpc) is 2.71.